The first-order chi connectivity index (χ1) is 10.4. The van der Waals surface area contributed by atoms with Crippen LogP contribution in [0.5, 0.6) is 0 Å². The van der Waals surface area contributed by atoms with Gasteiger partial charge in [-0.3, -0.25) is 4.99 Å². The molecule has 132 valence electrons. The first-order valence-corrected chi connectivity index (χ1v) is 7.82. The van der Waals surface area contributed by atoms with Crippen LogP contribution in [-0.2, 0) is 4.74 Å². The van der Waals surface area contributed by atoms with Crippen molar-refractivity contribution < 1.29 is 9.53 Å². The third kappa shape index (κ3) is 9.54. The van der Waals surface area contributed by atoms with Crippen molar-refractivity contribution in [2.45, 2.75) is 52.2 Å². The average Bonchev–Trinajstić information content (AvgIpc) is 3.23. The van der Waals surface area contributed by atoms with Gasteiger partial charge in [0.15, 0.2) is 5.96 Å². The summed E-state index contributed by atoms with van der Waals surface area (Å²) in [6.07, 6.45) is 7.05. The van der Waals surface area contributed by atoms with Gasteiger partial charge in [0, 0.05) is 19.1 Å². The van der Waals surface area contributed by atoms with Crippen molar-refractivity contribution in [2.75, 3.05) is 26.2 Å². The van der Waals surface area contributed by atoms with Gasteiger partial charge in [0.2, 0.25) is 0 Å². The minimum absolute atomic E-state index is 0. The highest BCUT2D eigenvalue weighted by atomic mass is 127. The van der Waals surface area contributed by atoms with Gasteiger partial charge in [-0.25, -0.2) is 4.79 Å². The lowest BCUT2D eigenvalue weighted by Crippen LogP contribution is -2.41. The molecular formula is C16H29IN4O2. The molecular weight excluding hydrogens is 407 g/mol. The lowest BCUT2D eigenvalue weighted by Gasteiger charge is -2.27. The minimum atomic E-state index is -0.475. The average molecular weight is 436 g/mol. The Hall–Kier alpha value is -1.17. The highest BCUT2D eigenvalue weighted by Crippen LogP contribution is 2.28. The summed E-state index contributed by atoms with van der Waals surface area (Å²) >= 11 is 0. The van der Waals surface area contributed by atoms with Crippen LogP contribution in [0.4, 0.5) is 4.79 Å². The maximum atomic E-state index is 12.2. The van der Waals surface area contributed by atoms with Crippen LogP contribution in [0, 0.1) is 12.3 Å². The van der Waals surface area contributed by atoms with E-state index >= 15 is 0 Å². The number of carbonyl (C=O) groups excluding carboxylic acids is 1. The summed E-state index contributed by atoms with van der Waals surface area (Å²) in [5.41, 5.74) is -0.475. The molecule has 0 aromatic heterocycles. The van der Waals surface area contributed by atoms with E-state index in [0.717, 1.165) is 19.4 Å². The molecule has 0 atom stereocenters. The third-order valence-corrected chi connectivity index (χ3v) is 2.93. The summed E-state index contributed by atoms with van der Waals surface area (Å²) < 4.78 is 5.45. The van der Waals surface area contributed by atoms with Gasteiger partial charge < -0.3 is 20.3 Å². The number of carbonyl (C=O) groups is 1. The predicted molar refractivity (Wildman–Crippen MR) is 104 cm³/mol. The van der Waals surface area contributed by atoms with E-state index in [4.69, 9.17) is 11.2 Å². The Kier molecular flexibility index (Phi) is 10.0. The summed E-state index contributed by atoms with van der Waals surface area (Å²) in [6.45, 7) is 9.86. The SMILES string of the molecule is C#CCNC(=NCCN(C(=O)OC(C)(C)C)C1CC1)NCC.I. The van der Waals surface area contributed by atoms with Gasteiger partial charge in [0.25, 0.3) is 0 Å². The van der Waals surface area contributed by atoms with E-state index in [0.29, 0.717) is 31.6 Å². The van der Waals surface area contributed by atoms with Crippen LogP contribution in [0.2, 0.25) is 0 Å². The molecule has 0 saturated heterocycles. The fraction of sp³-hybridized carbons (Fsp3) is 0.750. The van der Waals surface area contributed by atoms with Crippen LogP contribution in [0.1, 0.15) is 40.5 Å². The van der Waals surface area contributed by atoms with Gasteiger partial charge in [0.05, 0.1) is 13.1 Å². The van der Waals surface area contributed by atoms with Crippen LogP contribution in [0.25, 0.3) is 0 Å². The molecule has 0 unspecified atom stereocenters. The Morgan fingerprint density at radius 3 is 2.52 bits per heavy atom. The second kappa shape index (κ2) is 10.6. The molecule has 1 fully saturated rings. The van der Waals surface area contributed by atoms with Gasteiger partial charge >= 0.3 is 6.09 Å². The molecule has 0 bridgehead atoms. The summed E-state index contributed by atoms with van der Waals surface area (Å²) in [7, 11) is 0. The molecule has 1 rings (SSSR count). The highest BCUT2D eigenvalue weighted by Gasteiger charge is 2.34. The van der Waals surface area contributed by atoms with Gasteiger partial charge in [-0.05, 0) is 40.5 Å². The molecule has 0 aliphatic heterocycles. The largest absolute Gasteiger partial charge is 0.444 e. The molecule has 0 radical (unpaired) electrons. The van der Waals surface area contributed by atoms with E-state index in [2.05, 4.69) is 21.5 Å². The first-order valence-electron chi connectivity index (χ1n) is 7.82. The molecule has 6 nitrogen and oxygen atoms in total. The molecule has 0 heterocycles. The number of amides is 1. The second-order valence-electron chi connectivity index (χ2n) is 6.22. The first kappa shape index (κ1) is 21.8. The quantitative estimate of drug-likeness (QED) is 0.290. The van der Waals surface area contributed by atoms with Crippen molar-refractivity contribution in [2.24, 2.45) is 4.99 Å². The van der Waals surface area contributed by atoms with Crippen molar-refractivity contribution in [3.8, 4) is 12.3 Å². The zero-order chi connectivity index (χ0) is 16.6. The number of rotatable bonds is 6. The van der Waals surface area contributed by atoms with Crippen LogP contribution < -0.4 is 10.6 Å². The van der Waals surface area contributed by atoms with E-state index in [1.165, 1.54) is 0 Å². The Morgan fingerprint density at radius 2 is 2.04 bits per heavy atom. The van der Waals surface area contributed by atoms with Gasteiger partial charge in [0.1, 0.15) is 5.60 Å². The van der Waals surface area contributed by atoms with Crippen LogP contribution >= 0.6 is 24.0 Å². The Labute approximate surface area is 156 Å². The second-order valence-corrected chi connectivity index (χ2v) is 6.22. The van der Waals surface area contributed by atoms with Gasteiger partial charge in [-0.2, -0.15) is 0 Å². The standard InChI is InChI=1S/C16H28N4O2.HI/c1-6-10-18-14(17-7-2)19-11-12-20(13-8-9-13)15(21)22-16(3,4)5;/h1,13H,7-12H2,2-5H3,(H2,17,18,19);1H. The smallest absolute Gasteiger partial charge is 0.410 e. The monoisotopic (exact) mass is 436 g/mol. The van der Waals surface area contributed by atoms with E-state index in [9.17, 15) is 4.79 Å². The Bertz CT molecular complexity index is 436. The van der Waals surface area contributed by atoms with E-state index in [1.54, 1.807) is 4.90 Å². The third-order valence-electron chi connectivity index (χ3n) is 2.93. The van der Waals surface area contributed by atoms with Crippen molar-refractivity contribution in [3.63, 3.8) is 0 Å². The van der Waals surface area contributed by atoms with Crippen molar-refractivity contribution in [3.05, 3.63) is 0 Å². The lowest BCUT2D eigenvalue weighted by atomic mass is 10.2. The molecule has 0 aromatic rings. The van der Waals surface area contributed by atoms with Crippen molar-refractivity contribution in [1.82, 2.24) is 15.5 Å². The van der Waals surface area contributed by atoms with E-state index in [1.807, 2.05) is 27.7 Å². The zero-order valence-electron chi connectivity index (χ0n) is 14.5. The zero-order valence-corrected chi connectivity index (χ0v) is 16.8. The van der Waals surface area contributed by atoms with Crippen molar-refractivity contribution in [1.29, 1.82) is 0 Å². The fourth-order valence-electron chi connectivity index (χ4n) is 1.88. The molecule has 1 amide bonds. The summed E-state index contributed by atoms with van der Waals surface area (Å²) in [5.74, 6) is 3.18. The molecule has 1 saturated carbocycles. The molecule has 0 spiro atoms. The number of nitrogens with zero attached hydrogens (tertiary/aromatic N) is 2. The van der Waals surface area contributed by atoms with Crippen LogP contribution in [0.3, 0.4) is 0 Å². The number of terminal acetylenes is 1. The predicted octanol–water partition coefficient (Wildman–Crippen LogP) is 2.19. The molecule has 23 heavy (non-hydrogen) atoms. The number of halogens is 1. The van der Waals surface area contributed by atoms with Gasteiger partial charge in [-0.15, -0.1) is 30.4 Å². The Balaban J connectivity index is 0.00000484. The van der Waals surface area contributed by atoms with Gasteiger partial charge in [-0.1, -0.05) is 5.92 Å². The number of guanidine groups is 1. The molecule has 1 aliphatic rings. The topological polar surface area (TPSA) is 66.0 Å². The van der Waals surface area contributed by atoms with Crippen molar-refractivity contribution >= 4 is 36.0 Å². The number of nitrogens with one attached hydrogen (secondary N) is 2. The maximum absolute atomic E-state index is 12.2. The van der Waals surface area contributed by atoms with E-state index < -0.39 is 5.60 Å². The summed E-state index contributed by atoms with van der Waals surface area (Å²) in [6, 6.07) is 0.298. The Morgan fingerprint density at radius 1 is 1.39 bits per heavy atom. The fourth-order valence-corrected chi connectivity index (χ4v) is 1.88. The molecule has 1 aliphatic carbocycles. The minimum Gasteiger partial charge on any atom is -0.444 e. The van der Waals surface area contributed by atoms with Crippen LogP contribution in [0.15, 0.2) is 4.99 Å². The van der Waals surface area contributed by atoms with Crippen LogP contribution in [-0.4, -0.2) is 54.8 Å². The number of aliphatic imine (C=N–C) groups is 1. The summed E-state index contributed by atoms with van der Waals surface area (Å²) in [4.78, 5) is 18.4. The summed E-state index contributed by atoms with van der Waals surface area (Å²) in [5, 5.41) is 6.14. The molecule has 7 heteroatoms. The maximum Gasteiger partial charge on any atom is 0.410 e. The lowest BCUT2D eigenvalue weighted by molar-refractivity contribution is 0.0240. The number of ether oxygens (including phenoxy) is 1. The number of hydrogen-bond donors (Lipinski definition) is 2. The normalized spacial score (nSPS) is 14.3. The molecule has 2 N–H and O–H groups in total. The van der Waals surface area contributed by atoms with E-state index in [-0.39, 0.29) is 30.1 Å². The molecule has 0 aromatic carbocycles. The number of hydrogen-bond acceptors (Lipinski definition) is 3. The highest BCUT2D eigenvalue weighted by molar-refractivity contribution is 14.0.